The maximum absolute atomic E-state index is 11.4. The Labute approximate surface area is 91.2 Å². The Morgan fingerprint density at radius 3 is 2.73 bits per heavy atom. The molecule has 6 nitrogen and oxygen atoms in total. The van der Waals surface area contributed by atoms with Gasteiger partial charge < -0.3 is 10.4 Å². The van der Waals surface area contributed by atoms with Gasteiger partial charge in [0.1, 0.15) is 11.7 Å². The van der Waals surface area contributed by atoms with Gasteiger partial charge in [0.2, 0.25) is 0 Å². The standard InChI is InChI=1S/C8H9N3O3S/c12-7(5-3-9-1-2-10-5)11-6(4-15)8(13)14/h1-3,6,15H,4H2,(H,11,12)(H,13,14). The van der Waals surface area contributed by atoms with E-state index in [1.54, 1.807) is 0 Å². The van der Waals surface area contributed by atoms with Crippen molar-refractivity contribution in [3.05, 3.63) is 24.3 Å². The smallest absolute Gasteiger partial charge is 0.327 e. The van der Waals surface area contributed by atoms with Gasteiger partial charge in [-0.05, 0) is 0 Å². The molecule has 1 amide bonds. The van der Waals surface area contributed by atoms with Crippen LogP contribution < -0.4 is 5.32 Å². The zero-order valence-corrected chi connectivity index (χ0v) is 8.52. The molecule has 1 aromatic heterocycles. The van der Waals surface area contributed by atoms with E-state index in [4.69, 9.17) is 5.11 Å². The van der Waals surface area contributed by atoms with Crippen LogP contribution in [0.25, 0.3) is 0 Å². The van der Waals surface area contributed by atoms with Gasteiger partial charge in [-0.15, -0.1) is 0 Å². The van der Waals surface area contributed by atoms with Crippen molar-refractivity contribution in [3.63, 3.8) is 0 Å². The van der Waals surface area contributed by atoms with Gasteiger partial charge in [-0.25, -0.2) is 9.78 Å². The lowest BCUT2D eigenvalue weighted by molar-refractivity contribution is -0.138. The number of nitrogens with zero attached hydrogens (tertiary/aromatic N) is 2. The maximum atomic E-state index is 11.4. The number of hydrogen-bond donors (Lipinski definition) is 3. The van der Waals surface area contributed by atoms with E-state index < -0.39 is 17.9 Å². The van der Waals surface area contributed by atoms with Crippen LogP contribution in [0.3, 0.4) is 0 Å². The fourth-order valence-corrected chi connectivity index (χ4v) is 1.08. The number of aliphatic carboxylic acids is 1. The Balaban J connectivity index is 2.67. The first-order chi connectivity index (χ1) is 7.15. The molecule has 80 valence electrons. The van der Waals surface area contributed by atoms with E-state index in [2.05, 4.69) is 27.9 Å². The van der Waals surface area contributed by atoms with Crippen LogP contribution in [0.15, 0.2) is 18.6 Å². The van der Waals surface area contributed by atoms with E-state index >= 15 is 0 Å². The maximum Gasteiger partial charge on any atom is 0.327 e. The Kier molecular flexibility index (Phi) is 4.04. The van der Waals surface area contributed by atoms with Crippen LogP contribution in [0, 0.1) is 0 Å². The van der Waals surface area contributed by atoms with Gasteiger partial charge in [0.05, 0.1) is 6.20 Å². The van der Waals surface area contributed by atoms with Crippen molar-refractivity contribution < 1.29 is 14.7 Å². The molecule has 0 saturated carbocycles. The summed E-state index contributed by atoms with van der Waals surface area (Å²) in [5.74, 6) is -1.70. The minimum Gasteiger partial charge on any atom is -0.480 e. The van der Waals surface area contributed by atoms with Crippen molar-refractivity contribution in [1.82, 2.24) is 15.3 Å². The molecule has 1 rings (SSSR count). The number of carboxylic acids is 1. The predicted molar refractivity (Wildman–Crippen MR) is 54.8 cm³/mol. The molecule has 0 aliphatic rings. The first-order valence-corrected chi connectivity index (χ1v) is 4.69. The van der Waals surface area contributed by atoms with Gasteiger partial charge in [-0.2, -0.15) is 12.6 Å². The van der Waals surface area contributed by atoms with Crippen molar-refractivity contribution >= 4 is 24.5 Å². The molecule has 1 heterocycles. The van der Waals surface area contributed by atoms with Gasteiger partial charge >= 0.3 is 5.97 Å². The molecule has 0 radical (unpaired) electrons. The van der Waals surface area contributed by atoms with Crippen LogP contribution in [0.4, 0.5) is 0 Å². The molecule has 0 aromatic carbocycles. The summed E-state index contributed by atoms with van der Waals surface area (Å²) in [6.45, 7) is 0. The minimum absolute atomic E-state index is 0.0152. The monoisotopic (exact) mass is 227 g/mol. The number of amides is 1. The Hall–Kier alpha value is -1.63. The lowest BCUT2D eigenvalue weighted by atomic mass is 10.3. The van der Waals surface area contributed by atoms with E-state index in [0.29, 0.717) is 0 Å². The summed E-state index contributed by atoms with van der Waals surface area (Å²) in [6.07, 6.45) is 4.03. The number of carbonyl (C=O) groups excluding carboxylic acids is 1. The van der Waals surface area contributed by atoms with Crippen molar-refractivity contribution in [2.24, 2.45) is 0 Å². The van der Waals surface area contributed by atoms with Gasteiger partial charge in [0.25, 0.3) is 5.91 Å². The van der Waals surface area contributed by atoms with Crippen LogP contribution >= 0.6 is 12.6 Å². The SMILES string of the molecule is O=C(NC(CS)C(=O)O)c1cnccn1. The second kappa shape index (κ2) is 5.30. The largest absolute Gasteiger partial charge is 0.480 e. The van der Waals surface area contributed by atoms with Crippen molar-refractivity contribution in [2.75, 3.05) is 5.75 Å². The van der Waals surface area contributed by atoms with E-state index in [-0.39, 0.29) is 11.4 Å². The summed E-state index contributed by atoms with van der Waals surface area (Å²) >= 11 is 3.81. The average molecular weight is 227 g/mol. The zero-order valence-electron chi connectivity index (χ0n) is 7.62. The van der Waals surface area contributed by atoms with Crippen LogP contribution in [0.2, 0.25) is 0 Å². The fourth-order valence-electron chi connectivity index (χ4n) is 0.834. The zero-order chi connectivity index (χ0) is 11.3. The highest BCUT2D eigenvalue weighted by atomic mass is 32.1. The molecule has 15 heavy (non-hydrogen) atoms. The van der Waals surface area contributed by atoms with Gasteiger partial charge in [-0.1, -0.05) is 0 Å². The molecule has 1 unspecified atom stereocenters. The third-order valence-corrected chi connectivity index (χ3v) is 1.95. The highest BCUT2D eigenvalue weighted by Crippen LogP contribution is 1.94. The summed E-state index contributed by atoms with van der Waals surface area (Å²) < 4.78 is 0. The molecule has 0 saturated heterocycles. The average Bonchev–Trinajstić information content (AvgIpc) is 2.26. The van der Waals surface area contributed by atoms with E-state index in [9.17, 15) is 9.59 Å². The lowest BCUT2D eigenvalue weighted by Crippen LogP contribution is -2.42. The van der Waals surface area contributed by atoms with Crippen LogP contribution in [-0.2, 0) is 4.79 Å². The van der Waals surface area contributed by atoms with E-state index in [0.717, 1.165) is 0 Å². The molecule has 2 N–H and O–H groups in total. The molecular weight excluding hydrogens is 218 g/mol. The second-order valence-electron chi connectivity index (χ2n) is 2.64. The quantitative estimate of drug-likeness (QED) is 0.608. The second-order valence-corrected chi connectivity index (χ2v) is 3.00. The molecule has 0 aliphatic heterocycles. The summed E-state index contributed by atoms with van der Waals surface area (Å²) in [4.78, 5) is 29.4. The number of rotatable bonds is 4. The molecule has 1 atom stereocenters. The molecule has 7 heteroatoms. The number of hydrogen-bond acceptors (Lipinski definition) is 5. The topological polar surface area (TPSA) is 92.2 Å². The first kappa shape index (κ1) is 11.4. The fraction of sp³-hybridized carbons (Fsp3) is 0.250. The van der Waals surface area contributed by atoms with Gasteiger partial charge in [-0.3, -0.25) is 9.78 Å². The first-order valence-electron chi connectivity index (χ1n) is 4.05. The van der Waals surface area contributed by atoms with Gasteiger partial charge in [0.15, 0.2) is 0 Å². The minimum atomic E-state index is -1.14. The highest BCUT2D eigenvalue weighted by molar-refractivity contribution is 7.80. The molecule has 1 aromatic rings. The Bertz CT molecular complexity index is 357. The number of carboxylic acid groups (broad SMARTS) is 1. The summed E-state index contributed by atoms with van der Waals surface area (Å²) in [5, 5.41) is 10.9. The molecule has 0 spiro atoms. The van der Waals surface area contributed by atoms with Crippen molar-refractivity contribution in [2.45, 2.75) is 6.04 Å². The molecular formula is C8H9N3O3S. The molecule has 0 bridgehead atoms. The normalized spacial score (nSPS) is 11.8. The van der Waals surface area contributed by atoms with Crippen LogP contribution in [-0.4, -0.2) is 38.7 Å². The third-order valence-electron chi connectivity index (χ3n) is 1.58. The Morgan fingerprint density at radius 1 is 1.53 bits per heavy atom. The van der Waals surface area contributed by atoms with Crippen molar-refractivity contribution in [1.29, 1.82) is 0 Å². The van der Waals surface area contributed by atoms with Crippen molar-refractivity contribution in [3.8, 4) is 0 Å². The van der Waals surface area contributed by atoms with E-state index in [1.807, 2.05) is 0 Å². The summed E-state index contributed by atoms with van der Waals surface area (Å²) in [7, 11) is 0. The number of carbonyl (C=O) groups is 2. The lowest BCUT2D eigenvalue weighted by Gasteiger charge is -2.10. The van der Waals surface area contributed by atoms with Gasteiger partial charge in [0, 0.05) is 18.1 Å². The molecule has 0 aliphatic carbocycles. The predicted octanol–water partition coefficient (Wildman–Crippen LogP) is -0.411. The summed E-state index contributed by atoms with van der Waals surface area (Å²) in [5.41, 5.74) is 0.0746. The van der Waals surface area contributed by atoms with Crippen LogP contribution in [0.5, 0.6) is 0 Å². The number of aromatic nitrogens is 2. The number of nitrogens with one attached hydrogen (secondary N) is 1. The third kappa shape index (κ3) is 3.21. The highest BCUT2D eigenvalue weighted by Gasteiger charge is 2.19. The Morgan fingerprint density at radius 2 is 2.27 bits per heavy atom. The number of thiol groups is 1. The summed E-state index contributed by atoms with van der Waals surface area (Å²) in [6, 6.07) is -1.03. The van der Waals surface area contributed by atoms with Crippen LogP contribution in [0.1, 0.15) is 10.5 Å². The molecule has 0 fully saturated rings. The van der Waals surface area contributed by atoms with E-state index in [1.165, 1.54) is 18.6 Å².